The molecule has 0 amide bonds. The van der Waals surface area contributed by atoms with Crippen LogP contribution in [0.5, 0.6) is 0 Å². The van der Waals surface area contributed by atoms with Crippen LogP contribution in [0.1, 0.15) is 19.3 Å². The van der Waals surface area contributed by atoms with Crippen LogP contribution in [0, 0.1) is 12.3 Å². The second kappa shape index (κ2) is 4.13. The summed E-state index contributed by atoms with van der Waals surface area (Å²) in [5.41, 5.74) is 0. The van der Waals surface area contributed by atoms with E-state index in [0.29, 0.717) is 0 Å². The number of hydrogen-bond acceptors (Lipinski definition) is 2. The highest BCUT2D eigenvalue weighted by Gasteiger charge is 2.30. The summed E-state index contributed by atoms with van der Waals surface area (Å²) in [5.74, 6) is 2.71. The van der Waals surface area contributed by atoms with E-state index in [1.165, 1.54) is 39.0 Å². The van der Waals surface area contributed by atoms with E-state index in [1.807, 2.05) is 0 Å². The molecule has 1 aliphatic carbocycles. The zero-order valence-electron chi connectivity index (χ0n) is 8.21. The summed E-state index contributed by atoms with van der Waals surface area (Å²) < 4.78 is 0. The Bertz CT molecular complexity index is 195. The molecular weight excluding hydrogens is 160 g/mol. The van der Waals surface area contributed by atoms with E-state index in [0.717, 1.165) is 19.0 Å². The zero-order chi connectivity index (χ0) is 9.10. The Hall–Kier alpha value is -0.520. The fraction of sp³-hybridized carbons (Fsp3) is 0.818. The van der Waals surface area contributed by atoms with Crippen molar-refractivity contribution in [3.63, 3.8) is 0 Å². The van der Waals surface area contributed by atoms with Gasteiger partial charge < -0.3 is 0 Å². The van der Waals surface area contributed by atoms with Gasteiger partial charge in [-0.2, -0.15) is 0 Å². The zero-order valence-corrected chi connectivity index (χ0v) is 8.21. The fourth-order valence-corrected chi connectivity index (χ4v) is 2.01. The van der Waals surface area contributed by atoms with Crippen molar-refractivity contribution in [3.8, 4) is 12.3 Å². The Morgan fingerprint density at radius 2 is 1.85 bits per heavy atom. The highest BCUT2D eigenvalue weighted by molar-refractivity contribution is 4.89. The molecule has 0 atom stereocenters. The minimum Gasteiger partial charge on any atom is -0.300 e. The Kier molecular flexibility index (Phi) is 2.87. The van der Waals surface area contributed by atoms with Gasteiger partial charge >= 0.3 is 0 Å². The summed E-state index contributed by atoms with van der Waals surface area (Å²) in [6.07, 6.45) is 9.02. The van der Waals surface area contributed by atoms with E-state index in [2.05, 4.69) is 15.7 Å². The Morgan fingerprint density at radius 3 is 2.38 bits per heavy atom. The van der Waals surface area contributed by atoms with Gasteiger partial charge in [0.05, 0.1) is 0 Å². The Morgan fingerprint density at radius 1 is 1.15 bits per heavy atom. The predicted octanol–water partition coefficient (Wildman–Crippen LogP) is 0.790. The molecule has 1 heterocycles. The quantitative estimate of drug-likeness (QED) is 0.590. The van der Waals surface area contributed by atoms with Crippen molar-refractivity contribution in [2.75, 3.05) is 32.7 Å². The number of piperazine rings is 1. The first-order valence-electron chi connectivity index (χ1n) is 5.30. The molecule has 2 nitrogen and oxygen atoms in total. The van der Waals surface area contributed by atoms with E-state index in [1.54, 1.807) is 0 Å². The molecule has 1 saturated heterocycles. The lowest BCUT2D eigenvalue weighted by atomic mass is 10.3. The molecule has 2 heteroatoms. The third kappa shape index (κ3) is 2.46. The molecule has 0 bridgehead atoms. The van der Waals surface area contributed by atoms with Crippen molar-refractivity contribution in [2.45, 2.75) is 25.3 Å². The maximum atomic E-state index is 5.24. The van der Waals surface area contributed by atoms with Gasteiger partial charge in [-0.15, -0.1) is 12.3 Å². The predicted molar refractivity (Wildman–Crippen MR) is 54.5 cm³/mol. The average molecular weight is 178 g/mol. The third-order valence-corrected chi connectivity index (χ3v) is 3.04. The molecule has 1 saturated carbocycles. The summed E-state index contributed by atoms with van der Waals surface area (Å²) >= 11 is 0. The van der Waals surface area contributed by atoms with Crippen LogP contribution in [0.4, 0.5) is 0 Å². The summed E-state index contributed by atoms with van der Waals surface area (Å²) in [4.78, 5) is 5.12. The fourth-order valence-electron chi connectivity index (χ4n) is 2.01. The van der Waals surface area contributed by atoms with Crippen molar-refractivity contribution < 1.29 is 0 Å². The van der Waals surface area contributed by atoms with Crippen molar-refractivity contribution in [1.82, 2.24) is 9.80 Å². The number of nitrogens with zero attached hydrogens (tertiary/aromatic N) is 2. The van der Waals surface area contributed by atoms with Crippen LogP contribution < -0.4 is 0 Å². The van der Waals surface area contributed by atoms with Gasteiger partial charge in [0.15, 0.2) is 0 Å². The number of rotatable bonds is 3. The first-order chi connectivity index (χ1) is 6.40. The van der Waals surface area contributed by atoms with E-state index in [9.17, 15) is 0 Å². The minimum atomic E-state index is 0.906. The molecule has 72 valence electrons. The molecule has 2 aliphatic rings. The monoisotopic (exact) mass is 178 g/mol. The smallest absolute Gasteiger partial charge is 0.0214 e. The van der Waals surface area contributed by atoms with Crippen LogP contribution in [-0.4, -0.2) is 48.6 Å². The van der Waals surface area contributed by atoms with Gasteiger partial charge in [0, 0.05) is 45.2 Å². The van der Waals surface area contributed by atoms with Crippen molar-refractivity contribution in [2.24, 2.45) is 0 Å². The van der Waals surface area contributed by atoms with Gasteiger partial charge in [0.25, 0.3) is 0 Å². The van der Waals surface area contributed by atoms with Crippen LogP contribution >= 0.6 is 0 Å². The van der Waals surface area contributed by atoms with Gasteiger partial charge in [-0.3, -0.25) is 9.80 Å². The van der Waals surface area contributed by atoms with Crippen LogP contribution in [0.2, 0.25) is 0 Å². The van der Waals surface area contributed by atoms with Gasteiger partial charge in [-0.1, -0.05) is 0 Å². The molecule has 0 aromatic rings. The SMILES string of the molecule is C#CCCN1CCN(C2CC2)CC1. The molecule has 1 aliphatic heterocycles. The topological polar surface area (TPSA) is 6.48 Å². The van der Waals surface area contributed by atoms with Crippen LogP contribution in [0.15, 0.2) is 0 Å². The molecule has 13 heavy (non-hydrogen) atoms. The molecule has 0 radical (unpaired) electrons. The number of hydrogen-bond donors (Lipinski definition) is 0. The Balaban J connectivity index is 1.67. The normalized spacial score (nSPS) is 25.8. The summed E-state index contributed by atoms with van der Waals surface area (Å²) in [7, 11) is 0. The molecule has 0 spiro atoms. The molecular formula is C11H18N2. The second-order valence-corrected chi connectivity index (χ2v) is 4.06. The lowest BCUT2D eigenvalue weighted by Gasteiger charge is -2.34. The maximum absolute atomic E-state index is 5.24. The van der Waals surface area contributed by atoms with Gasteiger partial charge in [0.2, 0.25) is 0 Å². The van der Waals surface area contributed by atoms with Crippen molar-refractivity contribution in [3.05, 3.63) is 0 Å². The highest BCUT2D eigenvalue weighted by Crippen LogP contribution is 2.27. The molecule has 0 N–H and O–H groups in total. The standard InChI is InChI=1S/C11H18N2/c1-2-3-6-12-7-9-13(10-8-12)11-4-5-11/h1,11H,3-10H2. The molecule has 0 unspecified atom stereocenters. The summed E-state index contributed by atoms with van der Waals surface area (Å²) in [5, 5.41) is 0. The molecule has 2 fully saturated rings. The van der Waals surface area contributed by atoms with Gasteiger partial charge in [0.1, 0.15) is 0 Å². The third-order valence-electron chi connectivity index (χ3n) is 3.04. The molecule has 0 aromatic carbocycles. The van der Waals surface area contributed by atoms with E-state index >= 15 is 0 Å². The van der Waals surface area contributed by atoms with Gasteiger partial charge in [-0.05, 0) is 12.8 Å². The van der Waals surface area contributed by atoms with Crippen LogP contribution in [0.3, 0.4) is 0 Å². The Labute approximate surface area is 80.9 Å². The lowest BCUT2D eigenvalue weighted by Crippen LogP contribution is -2.47. The summed E-state index contributed by atoms with van der Waals surface area (Å²) in [6, 6.07) is 0.940. The van der Waals surface area contributed by atoms with E-state index < -0.39 is 0 Å². The molecule has 2 rings (SSSR count). The average Bonchev–Trinajstić information content (AvgIpc) is 2.99. The first-order valence-corrected chi connectivity index (χ1v) is 5.30. The van der Waals surface area contributed by atoms with E-state index in [-0.39, 0.29) is 0 Å². The first kappa shape index (κ1) is 9.05. The van der Waals surface area contributed by atoms with E-state index in [4.69, 9.17) is 6.42 Å². The maximum Gasteiger partial charge on any atom is 0.0214 e. The minimum absolute atomic E-state index is 0.906. The van der Waals surface area contributed by atoms with Crippen molar-refractivity contribution >= 4 is 0 Å². The highest BCUT2D eigenvalue weighted by atomic mass is 15.3. The van der Waals surface area contributed by atoms with Crippen molar-refractivity contribution in [1.29, 1.82) is 0 Å². The second-order valence-electron chi connectivity index (χ2n) is 4.06. The van der Waals surface area contributed by atoms with Gasteiger partial charge in [-0.25, -0.2) is 0 Å². The largest absolute Gasteiger partial charge is 0.300 e. The number of terminal acetylenes is 1. The molecule has 0 aromatic heterocycles. The van der Waals surface area contributed by atoms with Crippen LogP contribution in [-0.2, 0) is 0 Å². The lowest BCUT2D eigenvalue weighted by molar-refractivity contribution is 0.128. The summed E-state index contributed by atoms with van der Waals surface area (Å²) in [6.45, 7) is 6.05. The van der Waals surface area contributed by atoms with Crippen LogP contribution in [0.25, 0.3) is 0 Å².